The molecule has 4 aromatic heterocycles. The summed E-state index contributed by atoms with van der Waals surface area (Å²) in [6.07, 6.45) is -6.05. The van der Waals surface area contributed by atoms with E-state index in [2.05, 4.69) is 35.2 Å². The maximum atomic E-state index is 14.0. The zero-order valence-electron chi connectivity index (χ0n) is 33.1. The van der Waals surface area contributed by atoms with Crippen molar-refractivity contribution in [2.45, 2.75) is 56.3 Å². The first-order valence-corrected chi connectivity index (χ1v) is 19.0. The largest absolute Gasteiger partial charge is 0.478 e. The van der Waals surface area contributed by atoms with Gasteiger partial charge in [0.25, 0.3) is 5.91 Å². The summed E-state index contributed by atoms with van der Waals surface area (Å²) in [6.45, 7) is -7.47. The van der Waals surface area contributed by atoms with Crippen LogP contribution >= 0.6 is 23.2 Å². The maximum Gasteiger partial charge on any atom is 0.459 e. The van der Waals surface area contributed by atoms with E-state index in [1.807, 2.05) is 0 Å². The van der Waals surface area contributed by atoms with Crippen molar-refractivity contribution in [1.82, 2.24) is 44.4 Å². The van der Waals surface area contributed by atoms with Crippen molar-refractivity contribution < 1.29 is 85.6 Å². The van der Waals surface area contributed by atoms with E-state index in [4.69, 9.17) is 28.3 Å². The van der Waals surface area contributed by atoms with E-state index in [1.165, 1.54) is 36.5 Å². The van der Waals surface area contributed by atoms with Crippen LogP contribution in [0.5, 0.6) is 11.5 Å². The van der Waals surface area contributed by atoms with Crippen molar-refractivity contribution >= 4 is 35.1 Å². The molecular weight excluding hydrogens is 987 g/mol. The molecule has 2 aromatic carbocycles. The van der Waals surface area contributed by atoms with Gasteiger partial charge in [-0.1, -0.05) is 35.3 Å². The minimum Gasteiger partial charge on any atom is -0.478 e. The molecule has 0 bridgehead atoms. The van der Waals surface area contributed by atoms with Gasteiger partial charge in [0.15, 0.2) is 34.5 Å². The van der Waals surface area contributed by atoms with Gasteiger partial charge in [-0.2, -0.15) is 81.9 Å². The van der Waals surface area contributed by atoms with Crippen LogP contribution in [0.2, 0.25) is 10.0 Å². The van der Waals surface area contributed by atoms with E-state index < -0.39 is 83.8 Å². The second-order valence-electron chi connectivity index (χ2n) is 13.9. The summed E-state index contributed by atoms with van der Waals surface area (Å²) in [5.74, 6) is -17.4. The number of amides is 1. The number of benzene rings is 2. The number of hydrogen-bond donors (Lipinski definition) is 2. The van der Waals surface area contributed by atoms with Gasteiger partial charge in [-0.05, 0) is 48.2 Å². The monoisotopic (exact) mass is 1010 g/mol. The van der Waals surface area contributed by atoms with Crippen molar-refractivity contribution in [3.8, 4) is 45.4 Å². The molecule has 0 aliphatic heterocycles. The van der Waals surface area contributed by atoms with Crippen LogP contribution in [-0.2, 0) is 25.9 Å². The van der Waals surface area contributed by atoms with Crippen LogP contribution in [0, 0.1) is 0 Å². The number of carboxylic acids is 1. The molecule has 0 saturated heterocycles. The molecule has 0 radical (unpaired) electrons. The Morgan fingerprint density at radius 2 is 1.06 bits per heavy atom. The Morgan fingerprint density at radius 1 is 0.672 bits per heavy atom. The van der Waals surface area contributed by atoms with Crippen LogP contribution in [0.4, 0.5) is 61.5 Å². The number of ether oxygens (including phenoxy) is 2. The van der Waals surface area contributed by atoms with Crippen LogP contribution in [0.3, 0.4) is 0 Å². The summed E-state index contributed by atoms with van der Waals surface area (Å²) in [5.41, 5.74) is -3.17. The average Bonchev–Trinajstić information content (AvgIpc) is 3.50. The van der Waals surface area contributed by atoms with Crippen LogP contribution in [0.1, 0.15) is 44.9 Å². The van der Waals surface area contributed by atoms with Gasteiger partial charge in [0.1, 0.15) is 0 Å². The minimum absolute atomic E-state index is 0.0621. The van der Waals surface area contributed by atoms with Crippen molar-refractivity contribution in [1.29, 1.82) is 0 Å². The Balaban J connectivity index is 0.000000222. The molecule has 7 rings (SSSR count). The van der Waals surface area contributed by atoms with Gasteiger partial charge in [-0.25, -0.2) is 23.5 Å². The first-order chi connectivity index (χ1) is 31.0. The summed E-state index contributed by atoms with van der Waals surface area (Å²) < 4.78 is 195. The fourth-order valence-corrected chi connectivity index (χ4v) is 6.39. The molecule has 30 heteroatoms. The van der Waals surface area contributed by atoms with E-state index >= 15 is 0 Å². The van der Waals surface area contributed by atoms with Crippen molar-refractivity contribution in [3.63, 3.8) is 0 Å². The second-order valence-corrected chi connectivity index (χ2v) is 14.8. The third-order valence-electron chi connectivity index (χ3n) is 9.26. The lowest BCUT2D eigenvalue weighted by Gasteiger charge is -2.18. The Labute approximate surface area is 374 Å². The Bertz CT molecular complexity index is 2820. The molecular formula is C37H25Cl2F14N9O5. The normalized spacial score (nSPS) is 13.5. The van der Waals surface area contributed by atoms with E-state index in [9.17, 15) is 71.1 Å². The molecule has 14 nitrogen and oxygen atoms in total. The van der Waals surface area contributed by atoms with Crippen LogP contribution < -0.4 is 14.8 Å². The van der Waals surface area contributed by atoms with E-state index in [0.717, 1.165) is 56.3 Å². The third-order valence-corrected chi connectivity index (χ3v) is 9.92. The smallest absolute Gasteiger partial charge is 0.459 e. The predicted molar refractivity (Wildman–Crippen MR) is 202 cm³/mol. The van der Waals surface area contributed by atoms with Gasteiger partial charge >= 0.3 is 43.4 Å². The number of nitrogens with one attached hydrogen (secondary N) is 1. The quantitative estimate of drug-likeness (QED) is 0.108. The molecule has 1 fully saturated rings. The van der Waals surface area contributed by atoms with Crippen LogP contribution in [-0.4, -0.2) is 87.7 Å². The molecule has 360 valence electrons. The fourth-order valence-electron chi connectivity index (χ4n) is 5.98. The number of halogens is 16. The number of alkyl halides is 14. The Morgan fingerprint density at radius 3 is 1.42 bits per heavy atom. The lowest BCUT2D eigenvalue weighted by molar-refractivity contribution is -0.291. The van der Waals surface area contributed by atoms with Crippen LogP contribution in [0.25, 0.3) is 33.9 Å². The van der Waals surface area contributed by atoms with Crippen LogP contribution in [0.15, 0.2) is 61.2 Å². The number of carbonyl (C=O) groups excluding carboxylic acids is 1. The summed E-state index contributed by atoms with van der Waals surface area (Å²) in [4.78, 5) is 23.7. The molecule has 6 aromatic rings. The minimum atomic E-state index is -6.13. The van der Waals surface area contributed by atoms with E-state index in [0.29, 0.717) is 19.6 Å². The average molecular weight is 1010 g/mol. The highest BCUT2D eigenvalue weighted by atomic mass is 35.5. The lowest BCUT2D eigenvalue weighted by Crippen LogP contribution is -2.34. The Hall–Kier alpha value is -6.58. The second kappa shape index (κ2) is 18.2. The summed E-state index contributed by atoms with van der Waals surface area (Å²) in [6, 6.07) is 8.26. The first-order valence-electron chi connectivity index (χ1n) is 18.2. The molecule has 1 saturated carbocycles. The molecule has 1 aliphatic carbocycles. The van der Waals surface area contributed by atoms with E-state index in [1.54, 1.807) is 0 Å². The molecule has 1 amide bonds. The molecule has 0 spiro atoms. The number of aromatic nitrogens is 8. The first kappa shape index (κ1) is 49.8. The zero-order valence-corrected chi connectivity index (χ0v) is 34.6. The lowest BCUT2D eigenvalue weighted by atomic mass is 10.1. The number of nitrogens with zero attached hydrogens (tertiary/aromatic N) is 8. The predicted octanol–water partition coefficient (Wildman–Crippen LogP) is 9.95. The fraction of sp³-hybridized carbons (Fsp3) is 0.297. The molecule has 0 atom stereocenters. The standard InChI is InChI=1S/C20H15ClF7N5O2.C17H10ClF7N4O3/c1-32-17(14(35-18(22)23)15(31-32)19(24,25)20(26,27)28)33-8-10(7-29-33)9-2-5-13(21)12(6-9)16(34)30-11-3-4-11;1-28-13(11(32-15(19)20)12(27-28)16(21,22)17(23,24)25)29-6-8(5-26-29)7-2-3-10(18)9(4-7)14(30)31/h2,5-8,11,18H,3-4H2,1H3,(H,30,34);2-6,15H,1H3,(H,30,31). The summed E-state index contributed by atoms with van der Waals surface area (Å²) in [7, 11) is 1.89. The molecule has 0 unspecified atom stereocenters. The highest BCUT2D eigenvalue weighted by molar-refractivity contribution is 6.34. The van der Waals surface area contributed by atoms with Gasteiger partial charge < -0.3 is 19.9 Å². The topological polar surface area (TPSA) is 156 Å². The number of aromatic carboxylic acids is 1. The van der Waals surface area contributed by atoms with Crippen molar-refractivity contribution in [2.75, 3.05) is 0 Å². The van der Waals surface area contributed by atoms with Gasteiger partial charge in [-0.3, -0.25) is 4.79 Å². The highest BCUT2D eigenvalue weighted by Gasteiger charge is 2.64. The molecule has 4 heterocycles. The summed E-state index contributed by atoms with van der Waals surface area (Å²) >= 11 is 11.9. The number of hydrogen-bond acceptors (Lipinski definition) is 8. The van der Waals surface area contributed by atoms with Crippen molar-refractivity contribution in [2.24, 2.45) is 14.1 Å². The van der Waals surface area contributed by atoms with Gasteiger partial charge in [0.2, 0.25) is 0 Å². The number of aryl methyl sites for hydroxylation is 2. The number of rotatable bonds is 13. The molecule has 2 N–H and O–H groups in total. The zero-order chi connectivity index (χ0) is 49.7. The van der Waals surface area contributed by atoms with Gasteiger partial charge in [-0.15, -0.1) is 0 Å². The number of carbonyl (C=O) groups is 2. The van der Waals surface area contributed by atoms with Crippen molar-refractivity contribution in [3.05, 3.63) is 93.7 Å². The Kier molecular flexibility index (Phi) is 13.6. The summed E-state index contributed by atoms with van der Waals surface area (Å²) in [5, 5.41) is 25.8. The number of carboxylic acid groups (broad SMARTS) is 1. The SMILES string of the molecule is Cn1nc(C(F)(F)C(F)(F)F)c(OC(F)F)c1-n1cc(-c2ccc(Cl)c(C(=O)NC3CC3)c2)cn1.Cn1nc(C(F)(F)C(F)(F)F)c(OC(F)F)c1-n1cc(-c2ccc(Cl)c(C(=O)O)c2)cn1. The van der Waals surface area contributed by atoms with Gasteiger partial charge in [0, 0.05) is 43.7 Å². The highest BCUT2D eigenvalue weighted by Crippen LogP contribution is 2.50. The maximum absolute atomic E-state index is 14.0. The van der Waals surface area contributed by atoms with E-state index in [-0.39, 0.29) is 43.9 Å². The van der Waals surface area contributed by atoms with Gasteiger partial charge in [0.05, 0.1) is 33.6 Å². The molecule has 67 heavy (non-hydrogen) atoms. The molecule has 1 aliphatic rings. The third kappa shape index (κ3) is 10.2.